The summed E-state index contributed by atoms with van der Waals surface area (Å²) in [6.45, 7) is 3.16. The number of pyridine rings is 1. The molecule has 7 rings (SSSR count). The van der Waals surface area contributed by atoms with Crippen molar-refractivity contribution in [3.8, 4) is 5.82 Å². The molecule has 4 aromatic rings. The third-order valence-electron chi connectivity index (χ3n) is 6.24. The van der Waals surface area contributed by atoms with Crippen molar-refractivity contribution in [3.05, 3.63) is 71.7 Å². The summed E-state index contributed by atoms with van der Waals surface area (Å²) >= 11 is 0. The number of rotatable bonds is 1. The van der Waals surface area contributed by atoms with Crippen molar-refractivity contribution < 1.29 is 4.39 Å². The minimum atomic E-state index is -0.166. The molecule has 4 heteroatoms. The second kappa shape index (κ2) is 5.64. The average Bonchev–Trinajstić information content (AvgIpc) is 2.82. The summed E-state index contributed by atoms with van der Waals surface area (Å²) in [5.41, 5.74) is 4.70. The van der Waals surface area contributed by atoms with E-state index in [-0.39, 0.29) is 5.82 Å². The van der Waals surface area contributed by atoms with Gasteiger partial charge < -0.3 is 0 Å². The molecule has 0 amide bonds. The van der Waals surface area contributed by atoms with Crippen LogP contribution in [0.5, 0.6) is 0 Å². The monoisotopic (exact) mass is 357 g/mol. The molecule has 134 valence electrons. The smallest absolute Gasteiger partial charge is 0.138 e. The van der Waals surface area contributed by atoms with Crippen LogP contribution in [0.15, 0.2) is 54.6 Å². The zero-order valence-electron chi connectivity index (χ0n) is 15.0. The molecule has 2 aromatic heterocycles. The van der Waals surface area contributed by atoms with E-state index in [1.165, 1.54) is 24.1 Å². The Morgan fingerprint density at radius 2 is 1.81 bits per heavy atom. The summed E-state index contributed by atoms with van der Waals surface area (Å²) in [7, 11) is 0. The first kappa shape index (κ1) is 15.3. The molecular formula is C23H20FN3. The molecule has 3 nitrogen and oxygen atoms in total. The molecule has 3 aliphatic rings. The zero-order chi connectivity index (χ0) is 18.0. The van der Waals surface area contributed by atoms with Crippen LogP contribution in [0.25, 0.3) is 27.6 Å². The highest BCUT2D eigenvalue weighted by atomic mass is 19.1. The largest absolute Gasteiger partial charge is 0.299 e. The molecule has 0 radical (unpaired) electrons. The van der Waals surface area contributed by atoms with Gasteiger partial charge in [0.25, 0.3) is 0 Å². The van der Waals surface area contributed by atoms with Gasteiger partial charge >= 0.3 is 0 Å². The number of fused-ring (bicyclic) bond motifs is 4. The fraction of sp³-hybridized carbons (Fsp3) is 0.261. The summed E-state index contributed by atoms with van der Waals surface area (Å²) < 4.78 is 16.4. The fourth-order valence-electron chi connectivity index (χ4n) is 4.96. The molecule has 1 saturated heterocycles. The van der Waals surface area contributed by atoms with Crippen molar-refractivity contribution in [2.75, 3.05) is 13.1 Å². The van der Waals surface area contributed by atoms with Gasteiger partial charge in [-0.1, -0.05) is 18.2 Å². The van der Waals surface area contributed by atoms with Gasteiger partial charge in [-0.15, -0.1) is 0 Å². The molecule has 0 N–H and O–H groups in total. The maximum atomic E-state index is 14.1. The number of halogens is 1. The topological polar surface area (TPSA) is 21.1 Å². The second-order valence-electron chi connectivity index (χ2n) is 7.77. The van der Waals surface area contributed by atoms with Crippen LogP contribution in [-0.2, 0) is 6.54 Å². The minimum Gasteiger partial charge on any atom is -0.299 e. The molecule has 1 fully saturated rings. The molecular weight excluding hydrogens is 337 g/mol. The van der Waals surface area contributed by atoms with Crippen LogP contribution < -0.4 is 0 Å². The third-order valence-corrected chi connectivity index (χ3v) is 6.24. The maximum Gasteiger partial charge on any atom is 0.138 e. The number of benzene rings is 2. The SMILES string of the molecule is Fc1ccc2c(c1)c1c(n2-c2ccc3ccccc3n2)C2CCN(CC2)C1. The predicted molar refractivity (Wildman–Crippen MR) is 106 cm³/mol. The molecule has 2 aromatic carbocycles. The second-order valence-corrected chi connectivity index (χ2v) is 7.77. The summed E-state index contributed by atoms with van der Waals surface area (Å²) in [6.07, 6.45) is 2.33. The molecule has 0 atom stereocenters. The highest BCUT2D eigenvalue weighted by Gasteiger charge is 2.33. The van der Waals surface area contributed by atoms with E-state index in [0.29, 0.717) is 5.92 Å². The summed E-state index contributed by atoms with van der Waals surface area (Å²) in [5, 5.41) is 2.18. The van der Waals surface area contributed by atoms with Gasteiger partial charge in [0.15, 0.2) is 0 Å². The first-order chi connectivity index (χ1) is 13.3. The van der Waals surface area contributed by atoms with Crippen LogP contribution in [0.1, 0.15) is 30.0 Å². The Morgan fingerprint density at radius 3 is 2.70 bits per heavy atom. The Bertz CT molecular complexity index is 1190. The summed E-state index contributed by atoms with van der Waals surface area (Å²) in [4.78, 5) is 7.47. The highest BCUT2D eigenvalue weighted by molar-refractivity contribution is 5.88. The van der Waals surface area contributed by atoms with Gasteiger partial charge in [-0.3, -0.25) is 9.47 Å². The van der Waals surface area contributed by atoms with E-state index >= 15 is 0 Å². The van der Waals surface area contributed by atoms with Gasteiger partial charge in [-0.25, -0.2) is 9.37 Å². The lowest BCUT2D eigenvalue weighted by Crippen LogP contribution is -2.29. The Balaban J connectivity index is 1.69. The first-order valence-electron chi connectivity index (χ1n) is 9.69. The molecule has 0 aliphatic carbocycles. The lowest BCUT2D eigenvalue weighted by Gasteiger charge is -2.27. The lowest BCUT2D eigenvalue weighted by molar-refractivity contribution is 0.220. The molecule has 0 spiro atoms. The molecule has 5 heterocycles. The fourth-order valence-corrected chi connectivity index (χ4v) is 4.96. The van der Waals surface area contributed by atoms with Gasteiger partial charge in [-0.2, -0.15) is 0 Å². The molecule has 2 bridgehead atoms. The Morgan fingerprint density at radius 1 is 0.963 bits per heavy atom. The molecule has 27 heavy (non-hydrogen) atoms. The van der Waals surface area contributed by atoms with Crippen molar-refractivity contribution in [3.63, 3.8) is 0 Å². The van der Waals surface area contributed by atoms with Crippen molar-refractivity contribution in [1.82, 2.24) is 14.5 Å². The van der Waals surface area contributed by atoms with Gasteiger partial charge in [-0.05, 0) is 67.9 Å². The van der Waals surface area contributed by atoms with Gasteiger partial charge in [0, 0.05) is 28.9 Å². The predicted octanol–water partition coefficient (Wildman–Crippen LogP) is 5.01. The first-order valence-corrected chi connectivity index (χ1v) is 9.69. The van der Waals surface area contributed by atoms with Crippen molar-refractivity contribution >= 4 is 21.8 Å². The normalized spacial score (nSPS) is 21.5. The van der Waals surface area contributed by atoms with Gasteiger partial charge in [0.2, 0.25) is 0 Å². The quantitative estimate of drug-likeness (QED) is 0.477. The van der Waals surface area contributed by atoms with Crippen LogP contribution in [0.4, 0.5) is 4.39 Å². The van der Waals surface area contributed by atoms with E-state index in [1.54, 1.807) is 12.1 Å². The standard InChI is InChI=1S/C23H20FN3/c24-17-6-7-21-18(13-17)19-14-26-11-9-16(10-12-26)23(19)27(21)22-8-5-15-3-1-2-4-20(15)25-22/h1-8,13,16H,9-12,14H2. The Labute approximate surface area is 157 Å². The van der Waals surface area contributed by atoms with Gasteiger partial charge in [0.1, 0.15) is 11.6 Å². The number of hydrogen-bond donors (Lipinski definition) is 0. The van der Waals surface area contributed by atoms with Crippen LogP contribution in [0.3, 0.4) is 0 Å². The number of para-hydroxylation sites is 1. The average molecular weight is 357 g/mol. The zero-order valence-corrected chi connectivity index (χ0v) is 15.0. The number of nitrogens with zero attached hydrogens (tertiary/aromatic N) is 3. The number of aromatic nitrogens is 2. The van der Waals surface area contributed by atoms with E-state index < -0.39 is 0 Å². The van der Waals surface area contributed by atoms with Crippen LogP contribution in [0, 0.1) is 5.82 Å². The molecule has 0 unspecified atom stereocenters. The van der Waals surface area contributed by atoms with E-state index in [0.717, 1.165) is 47.3 Å². The van der Waals surface area contributed by atoms with Crippen molar-refractivity contribution in [1.29, 1.82) is 0 Å². The van der Waals surface area contributed by atoms with Crippen molar-refractivity contribution in [2.45, 2.75) is 25.3 Å². The summed E-state index contributed by atoms with van der Waals surface area (Å²) in [6, 6.07) is 17.6. The number of hydrogen-bond acceptors (Lipinski definition) is 2. The Kier molecular flexibility index (Phi) is 3.20. The van der Waals surface area contributed by atoms with Gasteiger partial charge in [0.05, 0.1) is 11.0 Å². The Hall–Kier alpha value is -2.72. The minimum absolute atomic E-state index is 0.166. The number of piperidine rings is 1. The van der Waals surface area contributed by atoms with E-state index in [9.17, 15) is 4.39 Å². The van der Waals surface area contributed by atoms with Crippen LogP contribution >= 0.6 is 0 Å². The van der Waals surface area contributed by atoms with E-state index in [2.05, 4.69) is 33.7 Å². The lowest BCUT2D eigenvalue weighted by atomic mass is 9.94. The van der Waals surface area contributed by atoms with E-state index in [1.807, 2.05) is 18.2 Å². The molecule has 0 saturated carbocycles. The van der Waals surface area contributed by atoms with Crippen LogP contribution in [0.2, 0.25) is 0 Å². The third kappa shape index (κ3) is 2.26. The van der Waals surface area contributed by atoms with Crippen LogP contribution in [-0.4, -0.2) is 27.5 Å². The van der Waals surface area contributed by atoms with Crippen molar-refractivity contribution in [2.24, 2.45) is 0 Å². The molecule has 3 aliphatic heterocycles. The maximum absolute atomic E-state index is 14.1. The highest BCUT2D eigenvalue weighted by Crippen LogP contribution is 2.42. The summed E-state index contributed by atoms with van der Waals surface area (Å²) in [5.74, 6) is 1.29. The van der Waals surface area contributed by atoms with E-state index in [4.69, 9.17) is 4.98 Å².